The molecule has 1 aliphatic rings. The van der Waals surface area contributed by atoms with Gasteiger partial charge in [0.1, 0.15) is 0 Å². The van der Waals surface area contributed by atoms with Gasteiger partial charge in [-0.05, 0) is 42.2 Å². The van der Waals surface area contributed by atoms with Crippen molar-refractivity contribution >= 4 is 11.6 Å². The first-order valence-corrected chi connectivity index (χ1v) is 9.06. The Morgan fingerprint density at radius 3 is 1.92 bits per heavy atom. The molecule has 0 spiro atoms. The maximum absolute atomic E-state index is 12.8. The number of carbonyl (C=O) groups is 1. The van der Waals surface area contributed by atoms with Crippen molar-refractivity contribution in [2.75, 3.05) is 31.1 Å². The monoisotopic (exact) mass is 336 g/mol. The molecular weight excluding hydrogens is 308 g/mol. The van der Waals surface area contributed by atoms with Crippen LogP contribution < -0.4 is 4.90 Å². The fraction of sp³-hybridized carbons (Fsp3) is 0.409. The lowest BCUT2D eigenvalue weighted by Gasteiger charge is -2.36. The molecule has 2 aromatic rings. The van der Waals surface area contributed by atoms with Gasteiger partial charge in [-0.3, -0.25) is 4.79 Å². The zero-order valence-electron chi connectivity index (χ0n) is 15.7. The first kappa shape index (κ1) is 17.5. The largest absolute Gasteiger partial charge is 0.368 e. The normalized spacial score (nSPS) is 15.4. The number of hydrogen-bond donors (Lipinski definition) is 0. The van der Waals surface area contributed by atoms with Crippen LogP contribution in [0, 0.1) is 6.92 Å². The maximum atomic E-state index is 12.8. The second kappa shape index (κ2) is 6.91. The molecule has 0 aromatic heterocycles. The smallest absolute Gasteiger partial charge is 0.253 e. The van der Waals surface area contributed by atoms with Gasteiger partial charge in [0.05, 0.1) is 0 Å². The average Bonchev–Trinajstić information content (AvgIpc) is 2.61. The lowest BCUT2D eigenvalue weighted by molar-refractivity contribution is 0.0746. The third kappa shape index (κ3) is 4.04. The van der Waals surface area contributed by atoms with Crippen LogP contribution in [0.3, 0.4) is 0 Å². The van der Waals surface area contributed by atoms with Crippen LogP contribution in [0.5, 0.6) is 0 Å². The van der Waals surface area contributed by atoms with E-state index in [4.69, 9.17) is 0 Å². The van der Waals surface area contributed by atoms with Crippen molar-refractivity contribution in [3.05, 3.63) is 65.2 Å². The van der Waals surface area contributed by atoms with Gasteiger partial charge in [0, 0.05) is 37.4 Å². The third-order valence-corrected chi connectivity index (χ3v) is 4.96. The summed E-state index contributed by atoms with van der Waals surface area (Å²) in [6.45, 7) is 12.0. The van der Waals surface area contributed by atoms with Gasteiger partial charge in [0.25, 0.3) is 5.91 Å². The zero-order valence-corrected chi connectivity index (χ0v) is 15.7. The van der Waals surface area contributed by atoms with E-state index in [2.05, 4.69) is 69.0 Å². The Morgan fingerprint density at radius 2 is 1.40 bits per heavy atom. The molecule has 0 aliphatic carbocycles. The van der Waals surface area contributed by atoms with E-state index in [1.165, 1.54) is 16.8 Å². The summed E-state index contributed by atoms with van der Waals surface area (Å²) in [5.41, 5.74) is 4.68. The minimum absolute atomic E-state index is 0.112. The fourth-order valence-corrected chi connectivity index (χ4v) is 3.22. The van der Waals surface area contributed by atoms with E-state index in [1.807, 2.05) is 17.0 Å². The first-order valence-electron chi connectivity index (χ1n) is 9.06. The minimum atomic E-state index is 0.112. The summed E-state index contributed by atoms with van der Waals surface area (Å²) in [5.74, 6) is 0.143. The number of benzene rings is 2. The molecule has 3 heteroatoms. The molecule has 0 unspecified atom stereocenters. The van der Waals surface area contributed by atoms with Crippen LogP contribution in [0.4, 0.5) is 5.69 Å². The molecule has 0 bridgehead atoms. The van der Waals surface area contributed by atoms with Gasteiger partial charge in [-0.15, -0.1) is 0 Å². The molecule has 25 heavy (non-hydrogen) atoms. The lowest BCUT2D eigenvalue weighted by Crippen LogP contribution is -2.48. The fourth-order valence-electron chi connectivity index (χ4n) is 3.22. The molecule has 3 nitrogen and oxygen atoms in total. The average molecular weight is 336 g/mol. The molecule has 0 atom stereocenters. The number of carbonyl (C=O) groups excluding carboxylic acids is 1. The molecule has 1 saturated heterocycles. The zero-order chi connectivity index (χ0) is 18.0. The highest BCUT2D eigenvalue weighted by Crippen LogP contribution is 2.23. The third-order valence-electron chi connectivity index (χ3n) is 4.96. The molecule has 1 heterocycles. The predicted octanol–water partition coefficient (Wildman–Crippen LogP) is 4.25. The second-order valence-corrected chi connectivity index (χ2v) is 7.94. The molecular formula is C22H28N2O. The highest BCUT2D eigenvalue weighted by atomic mass is 16.2. The maximum Gasteiger partial charge on any atom is 0.253 e. The SMILES string of the molecule is Cc1ccc(N2CCN(C(=O)c3ccc(C(C)(C)C)cc3)CC2)cc1. The second-order valence-electron chi connectivity index (χ2n) is 7.94. The van der Waals surface area contributed by atoms with Gasteiger partial charge >= 0.3 is 0 Å². The van der Waals surface area contributed by atoms with Crippen molar-refractivity contribution in [1.29, 1.82) is 0 Å². The molecule has 1 aliphatic heterocycles. The van der Waals surface area contributed by atoms with Crippen LogP contribution >= 0.6 is 0 Å². The van der Waals surface area contributed by atoms with Crippen molar-refractivity contribution < 1.29 is 4.79 Å². The molecule has 132 valence electrons. The summed E-state index contributed by atoms with van der Waals surface area (Å²) in [4.78, 5) is 17.1. The van der Waals surface area contributed by atoms with Crippen molar-refractivity contribution in [1.82, 2.24) is 4.90 Å². The highest BCUT2D eigenvalue weighted by Gasteiger charge is 2.23. The number of anilines is 1. The topological polar surface area (TPSA) is 23.6 Å². The number of nitrogens with zero attached hydrogens (tertiary/aromatic N) is 2. The van der Waals surface area contributed by atoms with E-state index in [9.17, 15) is 4.79 Å². The molecule has 0 radical (unpaired) electrons. The summed E-state index contributed by atoms with van der Waals surface area (Å²) in [6, 6.07) is 16.7. The molecule has 2 aromatic carbocycles. The first-order chi connectivity index (χ1) is 11.8. The summed E-state index contributed by atoms with van der Waals surface area (Å²) in [6.07, 6.45) is 0. The van der Waals surface area contributed by atoms with E-state index < -0.39 is 0 Å². The van der Waals surface area contributed by atoms with E-state index in [-0.39, 0.29) is 11.3 Å². The van der Waals surface area contributed by atoms with Gasteiger partial charge in [0.2, 0.25) is 0 Å². The summed E-state index contributed by atoms with van der Waals surface area (Å²) in [7, 11) is 0. The van der Waals surface area contributed by atoms with Gasteiger partial charge in [-0.1, -0.05) is 50.6 Å². The molecule has 1 fully saturated rings. The van der Waals surface area contributed by atoms with Crippen LogP contribution in [0.15, 0.2) is 48.5 Å². The Bertz CT molecular complexity index is 718. The minimum Gasteiger partial charge on any atom is -0.368 e. The van der Waals surface area contributed by atoms with Crippen molar-refractivity contribution in [2.45, 2.75) is 33.1 Å². The Balaban J connectivity index is 1.62. The summed E-state index contributed by atoms with van der Waals surface area (Å²) >= 11 is 0. The van der Waals surface area contributed by atoms with Crippen LogP contribution in [0.1, 0.15) is 42.3 Å². The lowest BCUT2D eigenvalue weighted by atomic mass is 9.86. The number of hydrogen-bond acceptors (Lipinski definition) is 2. The Morgan fingerprint density at radius 1 is 0.840 bits per heavy atom. The van der Waals surface area contributed by atoms with Crippen LogP contribution in [-0.2, 0) is 5.41 Å². The van der Waals surface area contributed by atoms with Crippen LogP contribution in [-0.4, -0.2) is 37.0 Å². The van der Waals surface area contributed by atoms with Crippen molar-refractivity contribution in [3.8, 4) is 0 Å². The van der Waals surface area contributed by atoms with E-state index >= 15 is 0 Å². The van der Waals surface area contributed by atoms with Gasteiger partial charge in [-0.25, -0.2) is 0 Å². The van der Waals surface area contributed by atoms with Gasteiger partial charge < -0.3 is 9.80 Å². The quantitative estimate of drug-likeness (QED) is 0.818. The van der Waals surface area contributed by atoms with E-state index in [0.717, 1.165) is 31.7 Å². The Labute approximate surface area is 151 Å². The number of aryl methyl sites for hydroxylation is 1. The van der Waals surface area contributed by atoms with Crippen LogP contribution in [0.2, 0.25) is 0 Å². The van der Waals surface area contributed by atoms with E-state index in [1.54, 1.807) is 0 Å². The van der Waals surface area contributed by atoms with Crippen molar-refractivity contribution in [3.63, 3.8) is 0 Å². The number of piperazine rings is 1. The molecule has 3 rings (SSSR count). The number of rotatable bonds is 2. The Kier molecular flexibility index (Phi) is 4.85. The molecule has 0 N–H and O–H groups in total. The molecule has 1 amide bonds. The van der Waals surface area contributed by atoms with Gasteiger partial charge in [0.15, 0.2) is 0 Å². The summed E-state index contributed by atoms with van der Waals surface area (Å²) < 4.78 is 0. The van der Waals surface area contributed by atoms with E-state index in [0.29, 0.717) is 0 Å². The van der Waals surface area contributed by atoms with Gasteiger partial charge in [-0.2, -0.15) is 0 Å². The Hall–Kier alpha value is -2.29. The molecule has 0 saturated carbocycles. The number of amides is 1. The highest BCUT2D eigenvalue weighted by molar-refractivity contribution is 5.94. The standard InChI is InChI=1S/C22H28N2O/c1-17-5-11-20(12-6-17)23-13-15-24(16-14-23)21(25)18-7-9-19(10-8-18)22(2,3)4/h5-12H,13-16H2,1-4H3. The predicted molar refractivity (Wildman–Crippen MR) is 104 cm³/mol. The summed E-state index contributed by atoms with van der Waals surface area (Å²) in [5, 5.41) is 0. The van der Waals surface area contributed by atoms with Crippen LogP contribution in [0.25, 0.3) is 0 Å². The van der Waals surface area contributed by atoms with Crippen molar-refractivity contribution in [2.24, 2.45) is 0 Å².